The van der Waals surface area contributed by atoms with Crippen molar-refractivity contribution >= 4 is 11.6 Å². The van der Waals surface area contributed by atoms with Crippen molar-refractivity contribution in [2.24, 2.45) is 0 Å². The molecule has 0 aromatic heterocycles. The second-order valence-electron chi connectivity index (χ2n) is 4.42. The van der Waals surface area contributed by atoms with Gasteiger partial charge in [0, 0.05) is 12.5 Å². The zero-order chi connectivity index (χ0) is 13.4. The van der Waals surface area contributed by atoms with E-state index in [0.29, 0.717) is 17.7 Å². The SMILES string of the molecule is N#Cc1cccc(C2Cc3cc(Cl)c(F)cc3O2)c1. The van der Waals surface area contributed by atoms with Gasteiger partial charge in [-0.25, -0.2) is 4.39 Å². The number of nitrogens with zero attached hydrogens (tertiary/aromatic N) is 1. The van der Waals surface area contributed by atoms with Crippen molar-refractivity contribution in [3.63, 3.8) is 0 Å². The van der Waals surface area contributed by atoms with Crippen LogP contribution in [0.25, 0.3) is 0 Å². The van der Waals surface area contributed by atoms with E-state index in [4.69, 9.17) is 21.6 Å². The molecule has 0 bridgehead atoms. The molecule has 0 fully saturated rings. The maximum atomic E-state index is 13.4. The van der Waals surface area contributed by atoms with Crippen molar-refractivity contribution < 1.29 is 9.13 Å². The van der Waals surface area contributed by atoms with Crippen LogP contribution in [0.15, 0.2) is 36.4 Å². The largest absolute Gasteiger partial charge is 0.485 e. The van der Waals surface area contributed by atoms with Crippen LogP contribution in [0, 0.1) is 17.1 Å². The van der Waals surface area contributed by atoms with Crippen LogP contribution in [0.5, 0.6) is 5.75 Å². The van der Waals surface area contributed by atoms with Crippen molar-refractivity contribution in [1.82, 2.24) is 0 Å². The average Bonchev–Trinajstić information content (AvgIpc) is 2.82. The zero-order valence-corrected chi connectivity index (χ0v) is 10.6. The maximum Gasteiger partial charge on any atom is 0.145 e. The van der Waals surface area contributed by atoms with E-state index in [1.54, 1.807) is 18.2 Å². The number of nitriles is 1. The fourth-order valence-corrected chi connectivity index (χ4v) is 2.41. The third-order valence-electron chi connectivity index (χ3n) is 3.17. The van der Waals surface area contributed by atoms with Gasteiger partial charge in [-0.1, -0.05) is 23.7 Å². The summed E-state index contributed by atoms with van der Waals surface area (Å²) in [6.45, 7) is 0. The highest BCUT2D eigenvalue weighted by molar-refractivity contribution is 6.30. The average molecular weight is 274 g/mol. The predicted molar refractivity (Wildman–Crippen MR) is 69.6 cm³/mol. The normalized spacial score (nSPS) is 16.6. The molecule has 0 N–H and O–H groups in total. The molecule has 0 spiro atoms. The van der Waals surface area contributed by atoms with Crippen molar-refractivity contribution in [1.29, 1.82) is 5.26 Å². The molecule has 1 aliphatic rings. The number of rotatable bonds is 1. The number of ether oxygens (including phenoxy) is 1. The van der Waals surface area contributed by atoms with Gasteiger partial charge in [-0.3, -0.25) is 0 Å². The van der Waals surface area contributed by atoms with Crippen LogP contribution in [0.2, 0.25) is 5.02 Å². The van der Waals surface area contributed by atoms with Gasteiger partial charge in [0.25, 0.3) is 0 Å². The zero-order valence-electron chi connectivity index (χ0n) is 9.86. The second-order valence-corrected chi connectivity index (χ2v) is 4.83. The predicted octanol–water partition coefficient (Wildman–Crippen LogP) is 4.03. The summed E-state index contributed by atoms with van der Waals surface area (Å²) < 4.78 is 19.1. The second kappa shape index (κ2) is 4.56. The molecular weight excluding hydrogens is 265 g/mol. The first-order chi connectivity index (χ1) is 9.17. The summed E-state index contributed by atoms with van der Waals surface area (Å²) in [7, 11) is 0. The topological polar surface area (TPSA) is 33.0 Å². The quantitative estimate of drug-likeness (QED) is 0.786. The summed E-state index contributed by atoms with van der Waals surface area (Å²) in [4.78, 5) is 0. The third kappa shape index (κ3) is 2.16. The van der Waals surface area contributed by atoms with E-state index < -0.39 is 5.82 Å². The van der Waals surface area contributed by atoms with Gasteiger partial charge in [0.1, 0.15) is 17.7 Å². The molecule has 3 rings (SSSR count). The lowest BCUT2D eigenvalue weighted by Crippen LogP contribution is -2.03. The Morgan fingerprint density at radius 1 is 1.32 bits per heavy atom. The van der Waals surface area contributed by atoms with E-state index in [1.165, 1.54) is 6.07 Å². The van der Waals surface area contributed by atoms with E-state index in [-0.39, 0.29) is 11.1 Å². The van der Waals surface area contributed by atoms with Gasteiger partial charge in [-0.15, -0.1) is 0 Å². The fourth-order valence-electron chi connectivity index (χ4n) is 2.23. The Kier molecular flexibility index (Phi) is 2.88. The third-order valence-corrected chi connectivity index (χ3v) is 3.46. The van der Waals surface area contributed by atoms with Gasteiger partial charge in [0.2, 0.25) is 0 Å². The first-order valence-electron chi connectivity index (χ1n) is 5.82. The minimum atomic E-state index is -0.480. The Hall–Kier alpha value is -2.05. The molecule has 94 valence electrons. The van der Waals surface area contributed by atoms with E-state index in [2.05, 4.69) is 6.07 Å². The lowest BCUT2D eigenvalue weighted by molar-refractivity contribution is 0.238. The number of benzene rings is 2. The Bertz CT molecular complexity index is 662. The lowest BCUT2D eigenvalue weighted by Gasteiger charge is -2.10. The smallest absolute Gasteiger partial charge is 0.145 e. The van der Waals surface area contributed by atoms with Crippen LogP contribution >= 0.6 is 11.6 Å². The van der Waals surface area contributed by atoms with Crippen molar-refractivity contribution in [3.05, 3.63) is 63.9 Å². The molecule has 1 unspecified atom stereocenters. The first kappa shape index (κ1) is 12.0. The monoisotopic (exact) mass is 273 g/mol. The molecule has 0 saturated heterocycles. The summed E-state index contributed by atoms with van der Waals surface area (Å²) in [6, 6.07) is 12.2. The summed E-state index contributed by atoms with van der Waals surface area (Å²) in [5.74, 6) is 0.0427. The van der Waals surface area contributed by atoms with Gasteiger partial charge in [-0.05, 0) is 29.3 Å². The minimum absolute atomic E-state index is 0.105. The lowest BCUT2D eigenvalue weighted by atomic mass is 10.0. The van der Waals surface area contributed by atoms with E-state index in [9.17, 15) is 4.39 Å². The Morgan fingerprint density at radius 2 is 2.16 bits per heavy atom. The Morgan fingerprint density at radius 3 is 2.95 bits per heavy atom. The van der Waals surface area contributed by atoms with Gasteiger partial charge < -0.3 is 4.74 Å². The molecule has 1 aliphatic heterocycles. The van der Waals surface area contributed by atoms with Crippen LogP contribution < -0.4 is 4.74 Å². The Labute approximate surface area is 115 Å². The van der Waals surface area contributed by atoms with E-state index in [0.717, 1.165) is 11.1 Å². The molecule has 0 amide bonds. The Balaban J connectivity index is 1.93. The fraction of sp³-hybridized carbons (Fsp3) is 0.133. The molecule has 2 nitrogen and oxygen atoms in total. The summed E-state index contributed by atoms with van der Waals surface area (Å²) in [5.41, 5.74) is 2.38. The molecule has 4 heteroatoms. The van der Waals surface area contributed by atoms with Crippen LogP contribution in [0.1, 0.15) is 22.8 Å². The van der Waals surface area contributed by atoms with Crippen molar-refractivity contribution in [3.8, 4) is 11.8 Å². The first-order valence-corrected chi connectivity index (χ1v) is 6.20. The van der Waals surface area contributed by atoms with Crippen molar-refractivity contribution in [2.45, 2.75) is 12.5 Å². The molecular formula is C15H9ClFNO. The van der Waals surface area contributed by atoms with Gasteiger partial charge in [0.15, 0.2) is 0 Å². The summed E-state index contributed by atoms with van der Waals surface area (Å²) in [5, 5.41) is 9.00. The van der Waals surface area contributed by atoms with E-state index >= 15 is 0 Å². The maximum absolute atomic E-state index is 13.4. The molecule has 0 saturated carbocycles. The van der Waals surface area contributed by atoms with Gasteiger partial charge in [0.05, 0.1) is 16.7 Å². The van der Waals surface area contributed by atoms with Crippen LogP contribution in [0.4, 0.5) is 4.39 Å². The molecule has 0 radical (unpaired) electrons. The van der Waals surface area contributed by atoms with Gasteiger partial charge >= 0.3 is 0 Å². The number of hydrogen-bond donors (Lipinski definition) is 0. The van der Waals surface area contributed by atoms with Crippen LogP contribution in [0.3, 0.4) is 0 Å². The molecule has 2 aromatic rings. The van der Waals surface area contributed by atoms with Crippen LogP contribution in [-0.2, 0) is 6.42 Å². The summed E-state index contributed by atoms with van der Waals surface area (Å²) >= 11 is 5.76. The molecule has 0 aliphatic carbocycles. The number of halogens is 2. The number of fused-ring (bicyclic) bond motifs is 1. The molecule has 1 atom stereocenters. The molecule has 19 heavy (non-hydrogen) atoms. The van der Waals surface area contributed by atoms with E-state index in [1.807, 2.05) is 12.1 Å². The summed E-state index contributed by atoms with van der Waals surface area (Å²) in [6.07, 6.45) is 0.436. The van der Waals surface area contributed by atoms with Crippen LogP contribution in [-0.4, -0.2) is 0 Å². The highest BCUT2D eigenvalue weighted by Crippen LogP contribution is 2.39. The number of hydrogen-bond acceptors (Lipinski definition) is 2. The highest BCUT2D eigenvalue weighted by Gasteiger charge is 2.26. The van der Waals surface area contributed by atoms with Gasteiger partial charge in [-0.2, -0.15) is 5.26 Å². The standard InChI is InChI=1S/C15H9ClFNO/c16-12-5-11-6-14(19-15(11)7-13(12)17)10-3-1-2-9(4-10)8-18/h1-5,7,14H,6H2. The van der Waals surface area contributed by atoms with Crippen molar-refractivity contribution in [2.75, 3.05) is 0 Å². The minimum Gasteiger partial charge on any atom is -0.485 e. The highest BCUT2D eigenvalue weighted by atomic mass is 35.5. The molecule has 2 aromatic carbocycles. The molecule has 1 heterocycles.